The van der Waals surface area contributed by atoms with E-state index in [1.807, 2.05) is 12.1 Å². The van der Waals surface area contributed by atoms with Crippen LogP contribution in [0.3, 0.4) is 0 Å². The van der Waals surface area contributed by atoms with Gasteiger partial charge in [0.15, 0.2) is 0 Å². The molecule has 1 heterocycles. The zero-order chi connectivity index (χ0) is 20.9. The Labute approximate surface area is 180 Å². The van der Waals surface area contributed by atoms with E-state index in [1.54, 1.807) is 10.4 Å². The Morgan fingerprint density at radius 2 is 1.83 bits per heavy atom. The van der Waals surface area contributed by atoms with Crippen LogP contribution < -0.4 is 5.32 Å². The largest absolute Gasteiger partial charge is 0.353 e. The van der Waals surface area contributed by atoms with Gasteiger partial charge in [-0.1, -0.05) is 12.5 Å². The van der Waals surface area contributed by atoms with Crippen molar-refractivity contribution in [3.8, 4) is 0 Å². The highest BCUT2D eigenvalue weighted by Crippen LogP contribution is 2.49. The average Bonchev–Trinajstić information content (AvgIpc) is 3.50. The number of nitrogens with one attached hydrogen (secondary N) is 1. The highest BCUT2D eigenvalue weighted by molar-refractivity contribution is 7.89. The van der Waals surface area contributed by atoms with Crippen LogP contribution >= 0.6 is 0 Å². The molecule has 3 aliphatic carbocycles. The van der Waals surface area contributed by atoms with Gasteiger partial charge in [0, 0.05) is 25.0 Å². The summed E-state index contributed by atoms with van der Waals surface area (Å²) in [7, 11) is -3.47. The number of sulfonamides is 1. The maximum Gasteiger partial charge on any atom is 0.243 e. The van der Waals surface area contributed by atoms with E-state index in [4.69, 9.17) is 0 Å². The Bertz CT molecular complexity index is 920. The lowest BCUT2D eigenvalue weighted by atomic mass is 9.83. The molecule has 3 fully saturated rings. The van der Waals surface area contributed by atoms with Crippen molar-refractivity contribution in [1.29, 1.82) is 0 Å². The Balaban J connectivity index is 1.17. The fourth-order valence-corrected chi connectivity index (χ4v) is 8.09. The van der Waals surface area contributed by atoms with Gasteiger partial charge in [0.25, 0.3) is 0 Å². The predicted octanol–water partition coefficient (Wildman–Crippen LogP) is 3.52. The minimum atomic E-state index is -3.47. The van der Waals surface area contributed by atoms with Gasteiger partial charge < -0.3 is 5.32 Å². The standard InChI is InChI=1S/C24H34N2O3S/c1-16(23-14-17-5-6-21(23)13-17)25-24(27)19-9-11-26(12-10-19)30(28,29)22-8-7-18-3-2-4-20(18)15-22/h7-8,15-17,19,21,23H,2-6,9-14H2,1H3,(H,25,27). The highest BCUT2D eigenvalue weighted by Gasteiger charge is 2.42. The second-order valence-electron chi connectivity index (χ2n) is 10.1. The zero-order valence-corrected chi connectivity index (χ0v) is 18.8. The average molecular weight is 431 g/mol. The van der Waals surface area contributed by atoms with Gasteiger partial charge in [0.1, 0.15) is 0 Å². The number of amides is 1. The molecule has 4 unspecified atom stereocenters. The van der Waals surface area contributed by atoms with Crippen molar-refractivity contribution in [2.75, 3.05) is 13.1 Å². The van der Waals surface area contributed by atoms with Crippen LogP contribution in [-0.4, -0.2) is 37.8 Å². The van der Waals surface area contributed by atoms with E-state index in [9.17, 15) is 13.2 Å². The number of piperidine rings is 1. The topological polar surface area (TPSA) is 66.5 Å². The number of rotatable bonds is 5. The Morgan fingerprint density at radius 3 is 2.53 bits per heavy atom. The first-order chi connectivity index (χ1) is 14.4. The number of hydrogen-bond acceptors (Lipinski definition) is 3. The summed E-state index contributed by atoms with van der Waals surface area (Å²) in [4.78, 5) is 13.3. The molecule has 5 nitrogen and oxygen atoms in total. The second-order valence-corrected chi connectivity index (χ2v) is 12.0. The highest BCUT2D eigenvalue weighted by atomic mass is 32.2. The molecule has 5 rings (SSSR count). The molecule has 1 aromatic rings. The lowest BCUT2D eigenvalue weighted by Gasteiger charge is -2.33. The van der Waals surface area contributed by atoms with E-state index in [2.05, 4.69) is 12.2 Å². The van der Waals surface area contributed by atoms with Crippen LogP contribution in [0.15, 0.2) is 23.1 Å². The van der Waals surface area contributed by atoms with Crippen LogP contribution in [0.5, 0.6) is 0 Å². The van der Waals surface area contributed by atoms with E-state index in [-0.39, 0.29) is 17.9 Å². The fourth-order valence-electron chi connectivity index (χ4n) is 6.57. The summed E-state index contributed by atoms with van der Waals surface area (Å²) in [6, 6.07) is 5.84. The lowest BCUT2D eigenvalue weighted by molar-refractivity contribution is -0.127. The molecule has 2 bridgehead atoms. The van der Waals surface area contributed by atoms with E-state index >= 15 is 0 Å². The van der Waals surface area contributed by atoms with Gasteiger partial charge in [0.2, 0.25) is 15.9 Å². The van der Waals surface area contributed by atoms with Gasteiger partial charge in [-0.25, -0.2) is 8.42 Å². The van der Waals surface area contributed by atoms with Crippen LogP contribution in [0.2, 0.25) is 0 Å². The van der Waals surface area contributed by atoms with Crippen LogP contribution in [-0.2, 0) is 27.7 Å². The molecule has 4 aliphatic rings. The molecule has 0 radical (unpaired) electrons. The fraction of sp³-hybridized carbons (Fsp3) is 0.708. The van der Waals surface area contributed by atoms with Gasteiger partial charge >= 0.3 is 0 Å². The van der Waals surface area contributed by atoms with Crippen molar-refractivity contribution in [3.63, 3.8) is 0 Å². The summed E-state index contributed by atoms with van der Waals surface area (Å²) in [6.07, 6.45) is 9.68. The van der Waals surface area contributed by atoms with Crippen LogP contribution in [0.25, 0.3) is 0 Å². The van der Waals surface area contributed by atoms with E-state index in [0.717, 1.165) is 31.1 Å². The van der Waals surface area contributed by atoms with E-state index in [0.29, 0.717) is 36.7 Å². The zero-order valence-electron chi connectivity index (χ0n) is 18.0. The monoisotopic (exact) mass is 430 g/mol. The lowest BCUT2D eigenvalue weighted by Crippen LogP contribution is -2.47. The number of nitrogens with zero attached hydrogens (tertiary/aromatic N) is 1. The van der Waals surface area contributed by atoms with Crippen LogP contribution in [0, 0.1) is 23.7 Å². The molecular weight excluding hydrogens is 396 g/mol. The maximum absolute atomic E-state index is 13.1. The number of fused-ring (bicyclic) bond motifs is 3. The van der Waals surface area contributed by atoms with Crippen molar-refractivity contribution >= 4 is 15.9 Å². The number of hydrogen-bond donors (Lipinski definition) is 1. The maximum atomic E-state index is 13.1. The molecule has 4 atom stereocenters. The molecule has 2 saturated carbocycles. The molecule has 0 spiro atoms. The third-order valence-corrected chi connectivity index (χ3v) is 10.2. The summed E-state index contributed by atoms with van der Waals surface area (Å²) in [5, 5.41) is 3.28. The number of carbonyl (C=O) groups is 1. The summed E-state index contributed by atoms with van der Waals surface area (Å²) < 4.78 is 27.8. The summed E-state index contributed by atoms with van der Waals surface area (Å²) in [5.74, 6) is 2.36. The van der Waals surface area contributed by atoms with Gasteiger partial charge in [0.05, 0.1) is 4.90 Å². The number of aryl methyl sites for hydroxylation is 2. The third kappa shape index (κ3) is 3.70. The Hall–Kier alpha value is -1.40. The van der Waals surface area contributed by atoms with Crippen LogP contribution in [0.4, 0.5) is 0 Å². The van der Waals surface area contributed by atoms with Gasteiger partial charge in [-0.15, -0.1) is 0 Å². The molecular formula is C24H34N2O3S. The minimum Gasteiger partial charge on any atom is -0.353 e. The SMILES string of the molecule is CC(NC(=O)C1CCN(S(=O)(=O)c2ccc3c(c2)CCC3)CC1)C1CC2CCC1C2. The molecule has 1 aliphatic heterocycles. The van der Waals surface area contributed by atoms with E-state index < -0.39 is 10.0 Å². The van der Waals surface area contributed by atoms with Crippen molar-refractivity contribution in [2.24, 2.45) is 23.7 Å². The van der Waals surface area contributed by atoms with Crippen molar-refractivity contribution < 1.29 is 13.2 Å². The van der Waals surface area contributed by atoms with Gasteiger partial charge in [-0.2, -0.15) is 4.31 Å². The van der Waals surface area contributed by atoms with Crippen molar-refractivity contribution in [3.05, 3.63) is 29.3 Å². The minimum absolute atomic E-state index is 0.0717. The molecule has 1 N–H and O–H groups in total. The van der Waals surface area contributed by atoms with Gasteiger partial charge in [-0.3, -0.25) is 4.79 Å². The number of benzene rings is 1. The first kappa shape index (κ1) is 20.5. The molecule has 0 aromatic heterocycles. The molecule has 6 heteroatoms. The molecule has 30 heavy (non-hydrogen) atoms. The van der Waals surface area contributed by atoms with Crippen molar-refractivity contribution in [2.45, 2.75) is 75.6 Å². The first-order valence-corrected chi connectivity index (χ1v) is 13.3. The summed E-state index contributed by atoms with van der Waals surface area (Å²) in [5.41, 5.74) is 2.47. The molecule has 1 aromatic carbocycles. The smallest absolute Gasteiger partial charge is 0.243 e. The van der Waals surface area contributed by atoms with Crippen LogP contribution in [0.1, 0.15) is 63.0 Å². The van der Waals surface area contributed by atoms with Gasteiger partial charge in [-0.05, 0) is 99.3 Å². The number of carbonyl (C=O) groups excluding carboxylic acids is 1. The summed E-state index contributed by atoms with van der Waals surface area (Å²) >= 11 is 0. The Kier molecular flexibility index (Phi) is 5.42. The van der Waals surface area contributed by atoms with E-state index in [1.165, 1.54) is 36.8 Å². The Morgan fingerprint density at radius 1 is 1.07 bits per heavy atom. The summed E-state index contributed by atoms with van der Waals surface area (Å²) in [6.45, 7) is 3.02. The second kappa shape index (κ2) is 7.94. The predicted molar refractivity (Wildman–Crippen MR) is 116 cm³/mol. The molecule has 1 saturated heterocycles. The third-order valence-electron chi connectivity index (χ3n) is 8.34. The molecule has 164 valence electrons. The quantitative estimate of drug-likeness (QED) is 0.777. The van der Waals surface area contributed by atoms with Crippen molar-refractivity contribution in [1.82, 2.24) is 9.62 Å². The first-order valence-electron chi connectivity index (χ1n) is 11.8. The molecule has 1 amide bonds. The normalized spacial score (nSPS) is 30.4.